The maximum Gasteiger partial charge on any atom is 0.261 e. The van der Waals surface area contributed by atoms with Crippen LogP contribution in [0, 0.1) is 0 Å². The third-order valence-electron chi connectivity index (χ3n) is 4.36. The number of carbonyl (C=O) groups excluding carboxylic acids is 1. The average Bonchev–Trinajstić information content (AvgIpc) is 3.30. The molecule has 0 bridgehead atoms. The molecule has 5 heteroatoms. The molecule has 2 aromatic rings. The first-order valence-electron chi connectivity index (χ1n) is 8.56. The molecule has 3 rings (SSSR count). The van der Waals surface area contributed by atoms with Gasteiger partial charge in [0.05, 0.1) is 17.5 Å². The lowest BCUT2D eigenvalue weighted by Crippen LogP contribution is -2.36. The zero-order valence-corrected chi connectivity index (χ0v) is 14.8. The van der Waals surface area contributed by atoms with E-state index in [1.54, 1.807) is 0 Å². The number of ether oxygens (including phenoxy) is 1. The Labute approximate surface area is 147 Å². The smallest absolute Gasteiger partial charge is 0.261 e. The molecule has 0 radical (unpaired) electrons. The molecule has 1 atom stereocenters. The Balaban J connectivity index is 1.70. The van der Waals surface area contributed by atoms with Crippen LogP contribution in [0.1, 0.15) is 41.0 Å². The quantitative estimate of drug-likeness (QED) is 0.832. The van der Waals surface area contributed by atoms with Gasteiger partial charge in [0.25, 0.3) is 5.91 Å². The Bertz CT molecular complexity index is 634. The molecule has 1 aliphatic heterocycles. The van der Waals surface area contributed by atoms with Crippen LogP contribution in [0.4, 0.5) is 0 Å². The molecule has 0 spiro atoms. The van der Waals surface area contributed by atoms with E-state index in [1.165, 1.54) is 29.7 Å². The predicted octanol–water partition coefficient (Wildman–Crippen LogP) is 3.71. The van der Waals surface area contributed by atoms with E-state index in [9.17, 15) is 4.79 Å². The van der Waals surface area contributed by atoms with Crippen LogP contribution >= 0.6 is 11.3 Å². The molecule has 1 N–H and O–H groups in total. The molecule has 0 aliphatic carbocycles. The minimum atomic E-state index is 0.0140. The van der Waals surface area contributed by atoms with Gasteiger partial charge in [0.15, 0.2) is 0 Å². The van der Waals surface area contributed by atoms with Crippen molar-refractivity contribution >= 4 is 17.2 Å². The van der Waals surface area contributed by atoms with Gasteiger partial charge in [-0.15, -0.1) is 11.3 Å². The lowest BCUT2D eigenvalue weighted by Gasteiger charge is -2.28. The largest absolute Gasteiger partial charge is 0.494 e. The van der Waals surface area contributed by atoms with Crippen molar-refractivity contribution in [3.05, 3.63) is 52.2 Å². The standard InChI is InChI=1S/C19H24N2O2S/c1-2-23-16-9-7-15(8-10-16)17(21-11-3-4-12-21)14-20-19(22)18-6-5-13-24-18/h5-10,13,17H,2-4,11-12,14H2,1H3,(H,20,22). The summed E-state index contributed by atoms with van der Waals surface area (Å²) < 4.78 is 5.53. The number of rotatable bonds is 7. The minimum Gasteiger partial charge on any atom is -0.494 e. The maximum absolute atomic E-state index is 12.3. The Hall–Kier alpha value is -1.85. The first kappa shape index (κ1) is 17.0. The van der Waals surface area contributed by atoms with E-state index in [-0.39, 0.29) is 11.9 Å². The summed E-state index contributed by atoms with van der Waals surface area (Å²) in [5.41, 5.74) is 1.23. The Morgan fingerprint density at radius 3 is 2.62 bits per heavy atom. The van der Waals surface area contributed by atoms with E-state index < -0.39 is 0 Å². The summed E-state index contributed by atoms with van der Waals surface area (Å²) in [4.78, 5) is 15.5. The van der Waals surface area contributed by atoms with E-state index in [0.717, 1.165) is 23.7 Å². The topological polar surface area (TPSA) is 41.6 Å². The molecule has 24 heavy (non-hydrogen) atoms. The first-order chi connectivity index (χ1) is 11.8. The van der Waals surface area contributed by atoms with Gasteiger partial charge in [-0.2, -0.15) is 0 Å². The number of hydrogen-bond donors (Lipinski definition) is 1. The van der Waals surface area contributed by atoms with Crippen molar-refractivity contribution in [3.63, 3.8) is 0 Å². The van der Waals surface area contributed by atoms with E-state index in [1.807, 2.05) is 36.6 Å². The second kappa shape index (κ2) is 8.31. The number of amides is 1. The third kappa shape index (κ3) is 4.16. The lowest BCUT2D eigenvalue weighted by atomic mass is 10.1. The van der Waals surface area contributed by atoms with Gasteiger partial charge in [0, 0.05) is 6.54 Å². The maximum atomic E-state index is 12.3. The number of benzene rings is 1. The number of nitrogens with zero attached hydrogens (tertiary/aromatic N) is 1. The van der Waals surface area contributed by atoms with E-state index in [0.29, 0.717) is 13.2 Å². The molecule has 1 amide bonds. The van der Waals surface area contributed by atoms with Gasteiger partial charge in [0.1, 0.15) is 5.75 Å². The third-order valence-corrected chi connectivity index (χ3v) is 5.23. The van der Waals surface area contributed by atoms with Crippen molar-refractivity contribution in [2.75, 3.05) is 26.2 Å². The Kier molecular flexibility index (Phi) is 5.88. The van der Waals surface area contributed by atoms with Gasteiger partial charge in [-0.3, -0.25) is 9.69 Å². The number of thiophene rings is 1. The molecule has 1 aromatic carbocycles. The van der Waals surface area contributed by atoms with Gasteiger partial charge < -0.3 is 10.1 Å². The van der Waals surface area contributed by atoms with Crippen molar-refractivity contribution in [2.24, 2.45) is 0 Å². The van der Waals surface area contributed by atoms with Gasteiger partial charge in [-0.25, -0.2) is 0 Å². The molecule has 1 unspecified atom stereocenters. The fraction of sp³-hybridized carbons (Fsp3) is 0.421. The first-order valence-corrected chi connectivity index (χ1v) is 9.44. The predicted molar refractivity (Wildman–Crippen MR) is 97.8 cm³/mol. The van der Waals surface area contributed by atoms with Gasteiger partial charge in [-0.1, -0.05) is 18.2 Å². The van der Waals surface area contributed by atoms with Crippen LogP contribution in [-0.4, -0.2) is 37.0 Å². The number of likely N-dealkylation sites (tertiary alicyclic amines) is 1. The second-order valence-electron chi connectivity index (χ2n) is 5.95. The molecule has 1 saturated heterocycles. The second-order valence-corrected chi connectivity index (χ2v) is 6.90. The number of nitrogens with one attached hydrogen (secondary N) is 1. The van der Waals surface area contributed by atoms with Gasteiger partial charge in [-0.05, 0) is 62.0 Å². The van der Waals surface area contributed by atoms with Crippen molar-refractivity contribution in [1.29, 1.82) is 0 Å². The molecule has 1 fully saturated rings. The van der Waals surface area contributed by atoms with E-state index >= 15 is 0 Å². The lowest BCUT2D eigenvalue weighted by molar-refractivity contribution is 0.0942. The minimum absolute atomic E-state index is 0.0140. The fourth-order valence-corrected chi connectivity index (χ4v) is 3.79. The van der Waals surface area contributed by atoms with Gasteiger partial charge in [0.2, 0.25) is 0 Å². The molecule has 4 nitrogen and oxygen atoms in total. The summed E-state index contributed by atoms with van der Waals surface area (Å²) in [5.74, 6) is 0.907. The highest BCUT2D eigenvalue weighted by Crippen LogP contribution is 2.26. The molecule has 0 saturated carbocycles. The summed E-state index contributed by atoms with van der Waals surface area (Å²) in [6.45, 7) is 5.47. The van der Waals surface area contributed by atoms with Crippen molar-refractivity contribution < 1.29 is 9.53 Å². The molecule has 2 heterocycles. The van der Waals surface area contributed by atoms with Crippen LogP contribution in [0.5, 0.6) is 5.75 Å². The van der Waals surface area contributed by atoms with Gasteiger partial charge >= 0.3 is 0 Å². The molecule has 128 valence electrons. The summed E-state index contributed by atoms with van der Waals surface area (Å²) in [5, 5.41) is 5.03. The fourth-order valence-electron chi connectivity index (χ4n) is 3.15. The number of carbonyl (C=O) groups is 1. The van der Waals surface area contributed by atoms with Crippen LogP contribution < -0.4 is 10.1 Å². The molecule has 1 aliphatic rings. The van der Waals surface area contributed by atoms with Crippen molar-refractivity contribution in [3.8, 4) is 5.75 Å². The molecular formula is C19H24N2O2S. The van der Waals surface area contributed by atoms with Crippen LogP contribution in [0.3, 0.4) is 0 Å². The van der Waals surface area contributed by atoms with Crippen molar-refractivity contribution in [1.82, 2.24) is 10.2 Å². The highest BCUT2D eigenvalue weighted by Gasteiger charge is 2.24. The van der Waals surface area contributed by atoms with E-state index in [4.69, 9.17) is 4.74 Å². The molecular weight excluding hydrogens is 320 g/mol. The summed E-state index contributed by atoms with van der Waals surface area (Å²) in [6.07, 6.45) is 2.46. The highest BCUT2D eigenvalue weighted by molar-refractivity contribution is 7.12. The van der Waals surface area contributed by atoms with Crippen LogP contribution in [0.25, 0.3) is 0 Å². The van der Waals surface area contributed by atoms with Crippen LogP contribution in [-0.2, 0) is 0 Å². The normalized spacial score (nSPS) is 16.0. The van der Waals surface area contributed by atoms with Crippen LogP contribution in [0.2, 0.25) is 0 Å². The molecule has 1 aromatic heterocycles. The Morgan fingerprint density at radius 1 is 1.25 bits per heavy atom. The zero-order valence-electron chi connectivity index (χ0n) is 14.0. The van der Waals surface area contributed by atoms with E-state index in [2.05, 4.69) is 22.3 Å². The highest BCUT2D eigenvalue weighted by atomic mass is 32.1. The Morgan fingerprint density at radius 2 is 2.00 bits per heavy atom. The summed E-state index contributed by atoms with van der Waals surface area (Å²) in [6, 6.07) is 12.3. The average molecular weight is 344 g/mol. The van der Waals surface area contributed by atoms with Crippen LogP contribution in [0.15, 0.2) is 41.8 Å². The van der Waals surface area contributed by atoms with Crippen molar-refractivity contribution in [2.45, 2.75) is 25.8 Å². The SMILES string of the molecule is CCOc1ccc(C(CNC(=O)c2cccs2)N2CCCC2)cc1. The summed E-state index contributed by atoms with van der Waals surface area (Å²) in [7, 11) is 0. The number of hydrogen-bond acceptors (Lipinski definition) is 4. The summed E-state index contributed by atoms with van der Waals surface area (Å²) >= 11 is 1.48. The monoisotopic (exact) mass is 344 g/mol. The zero-order chi connectivity index (χ0) is 16.8.